The fourth-order valence-electron chi connectivity index (χ4n) is 1.63. The lowest BCUT2D eigenvalue weighted by Gasteiger charge is -2.01. The molecule has 0 aliphatic rings. The summed E-state index contributed by atoms with van der Waals surface area (Å²) in [6.45, 7) is 0. The van der Waals surface area contributed by atoms with Gasteiger partial charge in [-0.25, -0.2) is 4.98 Å². The minimum Gasteiger partial charge on any atom is -0.343 e. The van der Waals surface area contributed by atoms with Crippen molar-refractivity contribution in [1.29, 1.82) is 0 Å². The van der Waals surface area contributed by atoms with Gasteiger partial charge in [0, 0.05) is 0 Å². The van der Waals surface area contributed by atoms with Crippen molar-refractivity contribution in [3.63, 3.8) is 0 Å². The molecule has 2 heterocycles. The molecule has 0 saturated heterocycles. The lowest BCUT2D eigenvalue weighted by molar-refractivity contribution is 1.18. The third-order valence-corrected chi connectivity index (χ3v) is 2.59. The topological polar surface area (TPSA) is 33.1 Å². The van der Waals surface area contributed by atoms with Gasteiger partial charge in [-0.05, 0) is 12.1 Å². The van der Waals surface area contributed by atoms with Gasteiger partial charge in [0.05, 0.1) is 23.6 Å². The summed E-state index contributed by atoms with van der Waals surface area (Å²) in [5, 5.41) is 0. The molecule has 0 fully saturated rings. The quantitative estimate of drug-likeness (QED) is 0.567. The molecule has 0 bridgehead atoms. The molecule has 0 aliphatic carbocycles. The fraction of sp³-hybridized carbons (Fsp3) is 0. The second-order valence-corrected chi connectivity index (χ2v) is 3.53. The van der Waals surface area contributed by atoms with Crippen molar-refractivity contribution in [2.24, 2.45) is 0 Å². The number of rotatable bonds is 0. The van der Waals surface area contributed by atoms with E-state index in [2.05, 4.69) is 9.97 Å². The van der Waals surface area contributed by atoms with Crippen LogP contribution in [0.4, 0.5) is 0 Å². The van der Waals surface area contributed by atoms with E-state index < -0.39 is 0 Å². The van der Waals surface area contributed by atoms with Crippen molar-refractivity contribution < 1.29 is 0 Å². The fourth-order valence-corrected chi connectivity index (χ4v) is 1.89. The molecule has 0 spiro atoms. The zero-order chi connectivity index (χ0) is 9.54. The molecule has 4 heteroatoms. The van der Waals surface area contributed by atoms with Crippen LogP contribution in [0.5, 0.6) is 0 Å². The first kappa shape index (κ1) is 7.70. The average Bonchev–Trinajstić information content (AvgIpc) is 2.67. The minimum absolute atomic E-state index is 0.723. The smallest absolute Gasteiger partial charge is 0.129 e. The average molecular weight is 201 g/mol. The molecule has 0 saturated carbocycles. The predicted octanol–water partition coefficient (Wildman–Crippen LogP) is 2.55. The van der Waals surface area contributed by atoms with Gasteiger partial charge in [0.15, 0.2) is 0 Å². The monoisotopic (exact) mass is 201 g/mol. The summed E-state index contributed by atoms with van der Waals surface area (Å²) in [6, 6.07) is 8.02. The Morgan fingerprint density at radius 2 is 2.07 bits per heavy atom. The molecule has 68 valence electrons. The standard InChI is InChI=1S/C10H7N3S/c14-10-9-5-11-6-13(9)8-4-2-1-3-7(8)12-10/h1-6H,(H,12,14). The number of fused-ring (bicyclic) bond motifs is 3. The van der Waals surface area contributed by atoms with Crippen molar-refractivity contribution in [3.8, 4) is 0 Å². The van der Waals surface area contributed by atoms with Gasteiger partial charge in [0.2, 0.25) is 0 Å². The SMILES string of the molecule is S=c1[nH]c2ccccc2n2cncc12. The number of imidazole rings is 1. The van der Waals surface area contributed by atoms with E-state index >= 15 is 0 Å². The molecular weight excluding hydrogens is 194 g/mol. The van der Waals surface area contributed by atoms with E-state index in [0.29, 0.717) is 0 Å². The van der Waals surface area contributed by atoms with E-state index in [4.69, 9.17) is 12.2 Å². The van der Waals surface area contributed by atoms with E-state index in [0.717, 1.165) is 21.2 Å². The Bertz CT molecular complexity index is 665. The van der Waals surface area contributed by atoms with Crippen LogP contribution in [0.15, 0.2) is 36.8 Å². The van der Waals surface area contributed by atoms with Crippen LogP contribution >= 0.6 is 12.2 Å². The van der Waals surface area contributed by atoms with Crippen LogP contribution in [0.25, 0.3) is 16.6 Å². The summed E-state index contributed by atoms with van der Waals surface area (Å²) in [6.07, 6.45) is 3.55. The molecule has 14 heavy (non-hydrogen) atoms. The maximum atomic E-state index is 5.22. The van der Waals surface area contributed by atoms with Crippen LogP contribution in [0.1, 0.15) is 0 Å². The molecule has 0 unspecified atom stereocenters. The Labute approximate surface area is 85.0 Å². The van der Waals surface area contributed by atoms with Gasteiger partial charge in [-0.15, -0.1) is 0 Å². The predicted molar refractivity (Wildman–Crippen MR) is 57.9 cm³/mol. The number of nitrogens with zero attached hydrogens (tertiary/aromatic N) is 2. The second kappa shape index (κ2) is 2.65. The van der Waals surface area contributed by atoms with Gasteiger partial charge < -0.3 is 4.98 Å². The molecule has 3 rings (SSSR count). The van der Waals surface area contributed by atoms with Gasteiger partial charge in [0.25, 0.3) is 0 Å². The van der Waals surface area contributed by atoms with Gasteiger partial charge in [-0.1, -0.05) is 24.4 Å². The maximum absolute atomic E-state index is 5.22. The van der Waals surface area contributed by atoms with Crippen LogP contribution in [-0.2, 0) is 0 Å². The molecule has 0 amide bonds. The van der Waals surface area contributed by atoms with Crippen LogP contribution in [0, 0.1) is 4.64 Å². The summed E-state index contributed by atoms with van der Waals surface area (Å²) in [5.41, 5.74) is 3.07. The molecule has 0 atom stereocenters. The first-order valence-electron chi connectivity index (χ1n) is 4.29. The van der Waals surface area contributed by atoms with E-state index in [1.165, 1.54) is 0 Å². The molecule has 0 aliphatic heterocycles. The highest BCUT2D eigenvalue weighted by Gasteiger charge is 2.00. The Hall–Kier alpha value is -1.68. The molecular formula is C10H7N3S. The van der Waals surface area contributed by atoms with Gasteiger partial charge >= 0.3 is 0 Å². The van der Waals surface area contributed by atoms with Crippen molar-refractivity contribution in [3.05, 3.63) is 41.4 Å². The Morgan fingerprint density at radius 1 is 1.21 bits per heavy atom. The molecule has 3 aromatic rings. The Kier molecular flexibility index (Phi) is 1.46. The van der Waals surface area contributed by atoms with Crippen LogP contribution in [0.3, 0.4) is 0 Å². The first-order chi connectivity index (χ1) is 6.86. The number of aromatic amines is 1. The summed E-state index contributed by atoms with van der Waals surface area (Å²) in [5.74, 6) is 0. The van der Waals surface area contributed by atoms with Gasteiger partial charge in [0.1, 0.15) is 10.2 Å². The third kappa shape index (κ3) is 0.914. The van der Waals surface area contributed by atoms with Crippen molar-refractivity contribution >= 4 is 28.8 Å². The number of H-pyrrole nitrogens is 1. The molecule has 1 N–H and O–H groups in total. The van der Waals surface area contributed by atoms with Crippen LogP contribution < -0.4 is 0 Å². The maximum Gasteiger partial charge on any atom is 0.129 e. The highest BCUT2D eigenvalue weighted by Crippen LogP contribution is 2.14. The first-order valence-corrected chi connectivity index (χ1v) is 4.70. The molecule has 1 aromatic carbocycles. The van der Waals surface area contributed by atoms with Crippen LogP contribution in [-0.4, -0.2) is 14.4 Å². The number of hydrogen-bond acceptors (Lipinski definition) is 2. The summed E-state index contributed by atoms with van der Waals surface area (Å²) in [7, 11) is 0. The largest absolute Gasteiger partial charge is 0.343 e. The van der Waals surface area contributed by atoms with E-state index in [1.807, 2.05) is 28.7 Å². The molecule has 0 radical (unpaired) electrons. The van der Waals surface area contributed by atoms with Crippen molar-refractivity contribution in [1.82, 2.24) is 14.4 Å². The minimum atomic E-state index is 0.723. The lowest BCUT2D eigenvalue weighted by atomic mass is 10.3. The van der Waals surface area contributed by atoms with Crippen LogP contribution in [0.2, 0.25) is 0 Å². The van der Waals surface area contributed by atoms with E-state index in [1.54, 1.807) is 12.5 Å². The number of benzene rings is 1. The summed E-state index contributed by atoms with van der Waals surface area (Å²) in [4.78, 5) is 7.26. The summed E-state index contributed by atoms with van der Waals surface area (Å²) >= 11 is 5.22. The Balaban J connectivity index is 2.73. The lowest BCUT2D eigenvalue weighted by Crippen LogP contribution is -1.89. The molecule has 2 aromatic heterocycles. The third-order valence-electron chi connectivity index (χ3n) is 2.28. The van der Waals surface area contributed by atoms with E-state index in [-0.39, 0.29) is 0 Å². The van der Waals surface area contributed by atoms with Crippen molar-refractivity contribution in [2.75, 3.05) is 0 Å². The normalized spacial score (nSPS) is 11.1. The zero-order valence-electron chi connectivity index (χ0n) is 7.27. The van der Waals surface area contributed by atoms with Gasteiger partial charge in [-0.2, -0.15) is 0 Å². The number of hydrogen-bond donors (Lipinski definition) is 1. The highest BCUT2D eigenvalue weighted by atomic mass is 32.1. The molecule has 3 nitrogen and oxygen atoms in total. The zero-order valence-corrected chi connectivity index (χ0v) is 8.08. The second-order valence-electron chi connectivity index (χ2n) is 3.12. The van der Waals surface area contributed by atoms with Crippen molar-refractivity contribution in [2.45, 2.75) is 0 Å². The number of aromatic nitrogens is 3. The number of nitrogens with one attached hydrogen (secondary N) is 1. The number of para-hydroxylation sites is 2. The van der Waals surface area contributed by atoms with Gasteiger partial charge in [-0.3, -0.25) is 4.40 Å². The van der Waals surface area contributed by atoms with E-state index in [9.17, 15) is 0 Å². The highest BCUT2D eigenvalue weighted by molar-refractivity contribution is 7.71. The Morgan fingerprint density at radius 3 is 3.00 bits per heavy atom. The summed E-state index contributed by atoms with van der Waals surface area (Å²) < 4.78 is 2.72.